The van der Waals surface area contributed by atoms with Crippen molar-refractivity contribution in [3.63, 3.8) is 0 Å². The van der Waals surface area contributed by atoms with E-state index in [9.17, 15) is 9.59 Å². The summed E-state index contributed by atoms with van der Waals surface area (Å²) in [6.45, 7) is 7.16. The number of carboxylic acids is 1. The fourth-order valence-electron chi connectivity index (χ4n) is 2.15. The van der Waals surface area contributed by atoms with Crippen molar-refractivity contribution in [3.8, 4) is 0 Å². The number of carbonyl (C=O) groups excluding carboxylic acids is 1. The monoisotopic (exact) mass is 293 g/mol. The standard InChI is InChI=1S/C16H23NO4/c1-10-7-5-6-8-11(10)14(12(17)9-13(18)19)15(20)21-16(2,3)4/h5-8,12,14H,9,17H2,1-4H3,(H,18,19)/t12-,14-/m0/s1. The predicted octanol–water partition coefficient (Wildman–Crippen LogP) is 2.22. The van der Waals surface area contributed by atoms with Gasteiger partial charge in [0, 0.05) is 6.04 Å². The van der Waals surface area contributed by atoms with Gasteiger partial charge in [-0.2, -0.15) is 0 Å². The zero-order valence-corrected chi connectivity index (χ0v) is 12.9. The van der Waals surface area contributed by atoms with Crippen molar-refractivity contribution in [1.82, 2.24) is 0 Å². The normalized spacial score (nSPS) is 14.3. The average molecular weight is 293 g/mol. The van der Waals surface area contributed by atoms with Gasteiger partial charge in [0.05, 0.1) is 12.3 Å². The number of benzene rings is 1. The molecule has 0 aliphatic rings. The van der Waals surface area contributed by atoms with Crippen LogP contribution in [0.15, 0.2) is 24.3 Å². The highest BCUT2D eigenvalue weighted by Gasteiger charge is 2.33. The Balaban J connectivity index is 3.14. The van der Waals surface area contributed by atoms with Crippen LogP contribution in [-0.2, 0) is 14.3 Å². The highest BCUT2D eigenvalue weighted by atomic mass is 16.6. The average Bonchev–Trinajstić information content (AvgIpc) is 2.28. The van der Waals surface area contributed by atoms with E-state index in [0.717, 1.165) is 5.56 Å². The van der Waals surface area contributed by atoms with Crippen LogP contribution in [0, 0.1) is 6.92 Å². The number of hydrogen-bond acceptors (Lipinski definition) is 4. The predicted molar refractivity (Wildman–Crippen MR) is 80.0 cm³/mol. The SMILES string of the molecule is Cc1ccccc1[C@H](C(=O)OC(C)(C)C)[C@@H](N)CC(=O)O. The van der Waals surface area contributed by atoms with Crippen molar-refractivity contribution in [3.05, 3.63) is 35.4 Å². The molecule has 0 spiro atoms. The Morgan fingerprint density at radius 2 is 1.86 bits per heavy atom. The Bertz CT molecular complexity index is 519. The second-order valence-corrected chi connectivity index (χ2v) is 6.13. The molecule has 0 saturated carbocycles. The van der Waals surface area contributed by atoms with Crippen molar-refractivity contribution >= 4 is 11.9 Å². The maximum Gasteiger partial charge on any atom is 0.315 e. The first kappa shape index (κ1) is 17.2. The summed E-state index contributed by atoms with van der Waals surface area (Å²) in [6, 6.07) is 6.46. The molecule has 5 heteroatoms. The van der Waals surface area contributed by atoms with Crippen LogP contribution in [-0.4, -0.2) is 28.7 Å². The maximum absolute atomic E-state index is 12.4. The number of carbonyl (C=O) groups is 2. The molecule has 0 saturated heterocycles. The summed E-state index contributed by atoms with van der Waals surface area (Å²) >= 11 is 0. The third-order valence-corrected chi connectivity index (χ3v) is 3.02. The number of rotatable bonds is 5. The van der Waals surface area contributed by atoms with E-state index in [1.807, 2.05) is 19.1 Å². The summed E-state index contributed by atoms with van der Waals surface area (Å²) in [7, 11) is 0. The second-order valence-electron chi connectivity index (χ2n) is 6.13. The molecule has 0 heterocycles. The van der Waals surface area contributed by atoms with Gasteiger partial charge in [-0.05, 0) is 38.8 Å². The Morgan fingerprint density at radius 3 is 2.33 bits per heavy atom. The van der Waals surface area contributed by atoms with Crippen molar-refractivity contribution in [2.75, 3.05) is 0 Å². The first-order chi connectivity index (χ1) is 9.61. The molecule has 0 aromatic heterocycles. The van der Waals surface area contributed by atoms with Gasteiger partial charge in [-0.25, -0.2) is 0 Å². The molecule has 1 aromatic rings. The van der Waals surface area contributed by atoms with Crippen molar-refractivity contribution in [1.29, 1.82) is 0 Å². The van der Waals surface area contributed by atoms with Crippen LogP contribution in [0.5, 0.6) is 0 Å². The number of esters is 1. The van der Waals surface area contributed by atoms with Gasteiger partial charge in [0.2, 0.25) is 0 Å². The lowest BCUT2D eigenvalue weighted by Gasteiger charge is -2.27. The number of aryl methyl sites for hydroxylation is 1. The summed E-state index contributed by atoms with van der Waals surface area (Å²) in [5.74, 6) is -2.32. The highest BCUT2D eigenvalue weighted by Crippen LogP contribution is 2.27. The summed E-state index contributed by atoms with van der Waals surface area (Å²) in [6.07, 6.45) is -0.293. The molecule has 3 N–H and O–H groups in total. The quantitative estimate of drug-likeness (QED) is 0.812. The zero-order chi connectivity index (χ0) is 16.2. The van der Waals surface area contributed by atoms with Crippen molar-refractivity contribution in [2.24, 2.45) is 5.73 Å². The molecule has 1 aromatic carbocycles. The van der Waals surface area contributed by atoms with Gasteiger partial charge >= 0.3 is 11.9 Å². The van der Waals surface area contributed by atoms with Crippen LogP contribution in [0.4, 0.5) is 0 Å². The molecule has 2 atom stereocenters. The number of carboxylic acid groups (broad SMARTS) is 1. The minimum absolute atomic E-state index is 0.293. The maximum atomic E-state index is 12.4. The van der Waals surface area contributed by atoms with Crippen LogP contribution in [0.25, 0.3) is 0 Å². The molecule has 0 unspecified atom stereocenters. The number of aliphatic carboxylic acids is 1. The van der Waals surface area contributed by atoms with E-state index in [1.165, 1.54) is 0 Å². The highest BCUT2D eigenvalue weighted by molar-refractivity contribution is 5.81. The molecule has 116 valence electrons. The van der Waals surface area contributed by atoms with E-state index in [2.05, 4.69) is 0 Å². The van der Waals surface area contributed by atoms with Gasteiger partial charge in [0.25, 0.3) is 0 Å². The Kier molecular flexibility index (Phi) is 5.49. The molecule has 0 bridgehead atoms. The van der Waals surface area contributed by atoms with Gasteiger partial charge in [0.15, 0.2) is 0 Å². The molecule has 1 rings (SSSR count). The third-order valence-electron chi connectivity index (χ3n) is 3.02. The van der Waals surface area contributed by atoms with E-state index in [-0.39, 0.29) is 6.42 Å². The number of nitrogens with two attached hydrogens (primary N) is 1. The molecule has 0 radical (unpaired) electrons. The molecule has 5 nitrogen and oxygen atoms in total. The molecule has 0 fully saturated rings. The smallest absolute Gasteiger partial charge is 0.315 e. The van der Waals surface area contributed by atoms with Crippen LogP contribution in [0.1, 0.15) is 44.2 Å². The van der Waals surface area contributed by atoms with Crippen LogP contribution in [0.2, 0.25) is 0 Å². The number of ether oxygens (including phenoxy) is 1. The lowest BCUT2D eigenvalue weighted by Crippen LogP contribution is -2.39. The summed E-state index contributed by atoms with van der Waals surface area (Å²) in [5, 5.41) is 8.93. The summed E-state index contributed by atoms with van der Waals surface area (Å²) < 4.78 is 5.40. The molecule has 21 heavy (non-hydrogen) atoms. The van der Waals surface area contributed by atoms with Crippen molar-refractivity contribution in [2.45, 2.75) is 51.7 Å². The molecular weight excluding hydrogens is 270 g/mol. The van der Waals surface area contributed by atoms with E-state index in [1.54, 1.807) is 32.9 Å². The van der Waals surface area contributed by atoms with E-state index >= 15 is 0 Å². The summed E-state index contributed by atoms with van der Waals surface area (Å²) in [4.78, 5) is 23.3. The van der Waals surface area contributed by atoms with Gasteiger partial charge < -0.3 is 15.6 Å². The first-order valence-corrected chi connectivity index (χ1v) is 6.87. The van der Waals surface area contributed by atoms with E-state index in [0.29, 0.717) is 5.56 Å². The van der Waals surface area contributed by atoms with Gasteiger partial charge in [-0.3, -0.25) is 9.59 Å². The first-order valence-electron chi connectivity index (χ1n) is 6.87. The largest absolute Gasteiger partial charge is 0.481 e. The zero-order valence-electron chi connectivity index (χ0n) is 12.9. The van der Waals surface area contributed by atoms with Crippen LogP contribution < -0.4 is 5.73 Å². The fourth-order valence-corrected chi connectivity index (χ4v) is 2.15. The van der Waals surface area contributed by atoms with Gasteiger partial charge in [0.1, 0.15) is 5.60 Å². The minimum Gasteiger partial charge on any atom is -0.481 e. The van der Waals surface area contributed by atoms with Gasteiger partial charge in [-0.15, -0.1) is 0 Å². The van der Waals surface area contributed by atoms with E-state index < -0.39 is 29.5 Å². The van der Waals surface area contributed by atoms with Crippen LogP contribution in [0.3, 0.4) is 0 Å². The number of hydrogen-bond donors (Lipinski definition) is 2. The van der Waals surface area contributed by atoms with Crippen LogP contribution >= 0.6 is 0 Å². The third kappa shape index (κ3) is 5.19. The lowest BCUT2D eigenvalue weighted by atomic mass is 9.87. The van der Waals surface area contributed by atoms with Crippen molar-refractivity contribution < 1.29 is 19.4 Å². The Morgan fingerprint density at radius 1 is 1.29 bits per heavy atom. The lowest BCUT2D eigenvalue weighted by molar-refractivity contribution is -0.157. The Labute approximate surface area is 125 Å². The second kappa shape index (κ2) is 6.72. The minimum atomic E-state index is -1.04. The van der Waals surface area contributed by atoms with Gasteiger partial charge in [-0.1, -0.05) is 24.3 Å². The Hall–Kier alpha value is -1.88. The molecule has 0 amide bonds. The fraction of sp³-hybridized carbons (Fsp3) is 0.500. The topological polar surface area (TPSA) is 89.6 Å². The summed E-state index contributed by atoms with van der Waals surface area (Å²) in [5.41, 5.74) is 6.90. The molecule has 0 aliphatic heterocycles. The molecular formula is C16H23NO4. The van der Waals surface area contributed by atoms with E-state index in [4.69, 9.17) is 15.6 Å². The molecule has 0 aliphatic carbocycles.